The van der Waals surface area contributed by atoms with Crippen LogP contribution in [0.25, 0.3) is 10.8 Å². The van der Waals surface area contributed by atoms with Gasteiger partial charge in [-0.3, -0.25) is 9.59 Å². The fourth-order valence-corrected chi connectivity index (χ4v) is 3.76. The number of nitrogens with one attached hydrogen (secondary N) is 1. The van der Waals surface area contributed by atoms with Crippen LogP contribution in [0.5, 0.6) is 0 Å². The number of aliphatic carboxylic acids is 1. The van der Waals surface area contributed by atoms with E-state index in [-0.39, 0.29) is 18.0 Å². The summed E-state index contributed by atoms with van der Waals surface area (Å²) in [6, 6.07) is 12.8. The maximum atomic E-state index is 12.9. The van der Waals surface area contributed by atoms with Crippen LogP contribution in [0.2, 0.25) is 0 Å². The molecule has 0 saturated carbocycles. The van der Waals surface area contributed by atoms with Gasteiger partial charge in [0, 0.05) is 12.0 Å². The third-order valence-corrected chi connectivity index (χ3v) is 5.05. The van der Waals surface area contributed by atoms with Gasteiger partial charge in [-0.15, -0.1) is 0 Å². The molecule has 3 aromatic rings. The molecule has 0 radical (unpaired) electrons. The molecule has 1 amide bonds. The second kappa shape index (κ2) is 7.23. The number of carbonyl (C=O) groups excluding carboxylic acids is 1. The van der Waals surface area contributed by atoms with Crippen molar-refractivity contribution in [3.63, 3.8) is 0 Å². The SMILES string of the molecule is O=C(O)C[C@@H](NC(=O)c1noc2c1CCCC2)c1cccc2ccccc12. The van der Waals surface area contributed by atoms with Crippen LogP contribution in [0.4, 0.5) is 0 Å². The lowest BCUT2D eigenvalue weighted by molar-refractivity contribution is -0.137. The Morgan fingerprint density at radius 1 is 1.11 bits per heavy atom. The van der Waals surface area contributed by atoms with E-state index in [1.54, 1.807) is 0 Å². The van der Waals surface area contributed by atoms with Crippen molar-refractivity contribution in [2.75, 3.05) is 0 Å². The number of aryl methyl sites for hydroxylation is 1. The molecule has 1 aliphatic rings. The summed E-state index contributed by atoms with van der Waals surface area (Å²) in [7, 11) is 0. The van der Waals surface area contributed by atoms with Gasteiger partial charge in [0.25, 0.3) is 5.91 Å². The van der Waals surface area contributed by atoms with Gasteiger partial charge in [0.2, 0.25) is 0 Å². The van der Waals surface area contributed by atoms with Crippen LogP contribution in [0.1, 0.15) is 52.7 Å². The molecule has 6 heteroatoms. The standard InChI is InChI=1S/C21H20N2O4/c24-19(25)12-17(15-10-5-7-13-6-1-2-8-14(13)15)22-21(26)20-16-9-3-4-11-18(16)27-23-20/h1-2,5-8,10,17H,3-4,9,11-12H2,(H,22,26)(H,24,25)/t17-/m1/s1. The van der Waals surface area contributed by atoms with E-state index < -0.39 is 12.0 Å². The maximum Gasteiger partial charge on any atom is 0.305 e. The summed E-state index contributed by atoms with van der Waals surface area (Å²) in [6.07, 6.45) is 3.37. The first kappa shape index (κ1) is 17.3. The summed E-state index contributed by atoms with van der Waals surface area (Å²) in [5.41, 5.74) is 1.91. The number of hydrogen-bond donors (Lipinski definition) is 2. The molecule has 1 atom stereocenters. The molecule has 1 aromatic heterocycles. The molecule has 0 fully saturated rings. The first-order chi connectivity index (χ1) is 13.1. The van der Waals surface area contributed by atoms with Crippen LogP contribution in [0, 0.1) is 0 Å². The fraction of sp³-hybridized carbons (Fsp3) is 0.286. The highest BCUT2D eigenvalue weighted by Crippen LogP contribution is 2.28. The third kappa shape index (κ3) is 3.43. The normalized spacial score (nSPS) is 14.5. The number of aromatic nitrogens is 1. The Morgan fingerprint density at radius 3 is 2.74 bits per heavy atom. The lowest BCUT2D eigenvalue weighted by Gasteiger charge is -2.19. The Morgan fingerprint density at radius 2 is 1.89 bits per heavy atom. The van der Waals surface area contributed by atoms with Gasteiger partial charge in [0.1, 0.15) is 5.76 Å². The van der Waals surface area contributed by atoms with Crippen molar-refractivity contribution in [1.82, 2.24) is 10.5 Å². The van der Waals surface area contributed by atoms with E-state index in [0.29, 0.717) is 0 Å². The van der Waals surface area contributed by atoms with Gasteiger partial charge in [0.05, 0.1) is 12.5 Å². The topological polar surface area (TPSA) is 92.4 Å². The van der Waals surface area contributed by atoms with Crippen LogP contribution in [0.3, 0.4) is 0 Å². The van der Waals surface area contributed by atoms with Crippen LogP contribution in [0.15, 0.2) is 47.0 Å². The average Bonchev–Trinajstić information content (AvgIpc) is 3.11. The average molecular weight is 364 g/mol. The van der Waals surface area contributed by atoms with Crippen molar-refractivity contribution in [1.29, 1.82) is 0 Å². The first-order valence-corrected chi connectivity index (χ1v) is 9.11. The quantitative estimate of drug-likeness (QED) is 0.721. The molecule has 0 unspecified atom stereocenters. The van der Waals surface area contributed by atoms with Gasteiger partial charge < -0.3 is 14.9 Å². The molecule has 27 heavy (non-hydrogen) atoms. The minimum absolute atomic E-state index is 0.209. The third-order valence-electron chi connectivity index (χ3n) is 5.05. The molecule has 1 aliphatic carbocycles. The molecule has 138 valence electrons. The Kier molecular flexibility index (Phi) is 4.62. The van der Waals surface area contributed by atoms with E-state index >= 15 is 0 Å². The van der Waals surface area contributed by atoms with Crippen molar-refractivity contribution >= 4 is 22.6 Å². The Bertz CT molecular complexity index is 1000. The molecule has 0 bridgehead atoms. The number of benzene rings is 2. The molecule has 2 aromatic carbocycles. The number of hydrogen-bond acceptors (Lipinski definition) is 4. The van der Waals surface area contributed by atoms with Gasteiger partial charge in [0.15, 0.2) is 5.69 Å². The molecule has 6 nitrogen and oxygen atoms in total. The molecular weight excluding hydrogens is 344 g/mol. The van der Waals surface area contributed by atoms with Gasteiger partial charge in [-0.2, -0.15) is 0 Å². The van der Waals surface area contributed by atoms with Crippen molar-refractivity contribution in [2.24, 2.45) is 0 Å². The highest BCUT2D eigenvalue weighted by atomic mass is 16.5. The van der Waals surface area contributed by atoms with E-state index in [1.807, 2.05) is 42.5 Å². The minimum atomic E-state index is -0.976. The summed E-state index contributed by atoms with van der Waals surface area (Å²) < 4.78 is 5.32. The second-order valence-corrected chi connectivity index (χ2v) is 6.83. The van der Waals surface area contributed by atoms with Crippen molar-refractivity contribution in [3.05, 3.63) is 65.0 Å². The number of fused-ring (bicyclic) bond motifs is 2. The number of rotatable bonds is 5. The Labute approximate surface area is 156 Å². The van der Waals surface area contributed by atoms with Crippen LogP contribution in [-0.2, 0) is 17.6 Å². The Hall–Kier alpha value is -3.15. The molecule has 2 N–H and O–H groups in total. The van der Waals surface area contributed by atoms with E-state index in [2.05, 4.69) is 10.5 Å². The summed E-state index contributed by atoms with van der Waals surface area (Å²) in [4.78, 5) is 24.3. The van der Waals surface area contributed by atoms with Gasteiger partial charge in [-0.1, -0.05) is 47.6 Å². The fourth-order valence-electron chi connectivity index (χ4n) is 3.76. The lowest BCUT2D eigenvalue weighted by Crippen LogP contribution is -2.31. The molecule has 4 rings (SSSR count). The van der Waals surface area contributed by atoms with E-state index in [1.165, 1.54) is 0 Å². The predicted octanol–water partition coefficient (Wildman–Crippen LogP) is 3.65. The second-order valence-electron chi connectivity index (χ2n) is 6.83. The minimum Gasteiger partial charge on any atom is -0.481 e. The number of carboxylic acids is 1. The maximum absolute atomic E-state index is 12.9. The smallest absolute Gasteiger partial charge is 0.305 e. The van der Waals surface area contributed by atoms with E-state index in [4.69, 9.17) is 4.52 Å². The molecule has 1 heterocycles. The summed E-state index contributed by atoms with van der Waals surface area (Å²) in [5.74, 6) is -0.595. The molecule has 0 saturated heterocycles. The highest BCUT2D eigenvalue weighted by Gasteiger charge is 2.27. The molecular formula is C21H20N2O4. The van der Waals surface area contributed by atoms with E-state index in [0.717, 1.165) is 53.3 Å². The van der Waals surface area contributed by atoms with Crippen molar-refractivity contribution < 1.29 is 19.2 Å². The molecule has 0 spiro atoms. The highest BCUT2D eigenvalue weighted by molar-refractivity contribution is 5.95. The lowest BCUT2D eigenvalue weighted by atomic mass is 9.95. The summed E-state index contributed by atoms with van der Waals surface area (Å²) in [6.45, 7) is 0. The molecule has 0 aliphatic heterocycles. The van der Waals surface area contributed by atoms with Crippen molar-refractivity contribution in [2.45, 2.75) is 38.1 Å². The van der Waals surface area contributed by atoms with E-state index in [9.17, 15) is 14.7 Å². The summed E-state index contributed by atoms with van der Waals surface area (Å²) in [5, 5.41) is 18.1. The van der Waals surface area contributed by atoms with Gasteiger partial charge in [-0.25, -0.2) is 0 Å². The van der Waals surface area contributed by atoms with Crippen LogP contribution >= 0.6 is 0 Å². The largest absolute Gasteiger partial charge is 0.481 e. The number of nitrogens with zero attached hydrogens (tertiary/aromatic N) is 1. The Balaban J connectivity index is 1.67. The van der Waals surface area contributed by atoms with Crippen molar-refractivity contribution in [3.8, 4) is 0 Å². The zero-order chi connectivity index (χ0) is 18.8. The number of amides is 1. The predicted molar refractivity (Wildman–Crippen MR) is 99.6 cm³/mol. The number of carbonyl (C=O) groups is 2. The monoisotopic (exact) mass is 364 g/mol. The zero-order valence-electron chi connectivity index (χ0n) is 14.8. The number of carboxylic acid groups (broad SMARTS) is 1. The van der Waals surface area contributed by atoms with Gasteiger partial charge >= 0.3 is 5.97 Å². The summed E-state index contributed by atoms with van der Waals surface area (Å²) >= 11 is 0. The van der Waals surface area contributed by atoms with Crippen LogP contribution in [-0.4, -0.2) is 22.1 Å². The zero-order valence-corrected chi connectivity index (χ0v) is 14.8. The van der Waals surface area contributed by atoms with Crippen LogP contribution < -0.4 is 5.32 Å². The van der Waals surface area contributed by atoms with Gasteiger partial charge in [-0.05, 0) is 35.6 Å². The first-order valence-electron chi connectivity index (χ1n) is 9.11.